The monoisotopic (exact) mass is 277 g/mol. The fraction of sp³-hybridized carbons (Fsp3) is 0.824. The topological polar surface area (TPSA) is 36.4 Å². The largest absolute Gasteiger partial charge is 0.353 e. The number of allylic oxidation sites excluding steroid dienone is 1. The minimum absolute atomic E-state index is 0.615. The van der Waals surface area contributed by atoms with Gasteiger partial charge in [-0.15, -0.1) is 0 Å². The molecule has 2 aliphatic rings. The molecule has 2 saturated carbocycles. The third-order valence-corrected chi connectivity index (χ3v) is 4.34. The quantitative estimate of drug-likeness (QED) is 0.601. The predicted octanol–water partition coefficient (Wildman–Crippen LogP) is 4.11. The number of hydrogen-bond acceptors (Lipinski definition) is 1. The van der Waals surface area contributed by atoms with Crippen LogP contribution >= 0.6 is 0 Å². The van der Waals surface area contributed by atoms with Gasteiger partial charge in [0.05, 0.1) is 0 Å². The lowest BCUT2D eigenvalue weighted by Crippen LogP contribution is -2.48. The van der Waals surface area contributed by atoms with E-state index in [9.17, 15) is 0 Å². The maximum atomic E-state index is 4.64. The van der Waals surface area contributed by atoms with Gasteiger partial charge in [0.15, 0.2) is 5.96 Å². The molecular formula is C17H31N3. The number of aliphatic imine (C=N–C) groups is 1. The van der Waals surface area contributed by atoms with Crippen molar-refractivity contribution in [2.45, 2.75) is 90.1 Å². The van der Waals surface area contributed by atoms with Crippen LogP contribution in [-0.4, -0.2) is 18.0 Å². The Morgan fingerprint density at radius 3 is 1.65 bits per heavy atom. The predicted molar refractivity (Wildman–Crippen MR) is 86.9 cm³/mol. The van der Waals surface area contributed by atoms with E-state index in [1.165, 1.54) is 69.8 Å². The Labute approximate surface area is 124 Å². The van der Waals surface area contributed by atoms with Gasteiger partial charge in [0.25, 0.3) is 0 Å². The average Bonchev–Trinajstić information content (AvgIpc) is 2.47. The molecule has 0 saturated heterocycles. The van der Waals surface area contributed by atoms with Gasteiger partial charge >= 0.3 is 0 Å². The van der Waals surface area contributed by atoms with Crippen molar-refractivity contribution in [1.29, 1.82) is 0 Å². The summed E-state index contributed by atoms with van der Waals surface area (Å²) in [5.74, 6) is 1.00. The second-order valence-corrected chi connectivity index (χ2v) is 6.64. The van der Waals surface area contributed by atoms with Gasteiger partial charge in [-0.1, -0.05) is 44.1 Å². The number of hydrogen-bond donors (Lipinski definition) is 2. The van der Waals surface area contributed by atoms with Crippen LogP contribution in [0.25, 0.3) is 0 Å². The molecule has 2 N–H and O–H groups in total. The Kier molecular flexibility index (Phi) is 6.41. The molecule has 114 valence electrons. The normalized spacial score (nSPS) is 21.1. The zero-order valence-electron chi connectivity index (χ0n) is 13.3. The number of rotatable bonds is 3. The fourth-order valence-corrected chi connectivity index (χ4v) is 3.19. The van der Waals surface area contributed by atoms with E-state index < -0.39 is 0 Å². The lowest BCUT2D eigenvalue weighted by atomic mass is 9.95. The lowest BCUT2D eigenvalue weighted by molar-refractivity contribution is 0.389. The van der Waals surface area contributed by atoms with Gasteiger partial charge in [0.2, 0.25) is 0 Å². The zero-order chi connectivity index (χ0) is 14.2. The van der Waals surface area contributed by atoms with Crippen LogP contribution in [0.2, 0.25) is 0 Å². The molecule has 0 aromatic heterocycles. The van der Waals surface area contributed by atoms with E-state index in [4.69, 9.17) is 0 Å². The van der Waals surface area contributed by atoms with E-state index in [1.54, 1.807) is 0 Å². The molecule has 0 aromatic rings. The third-order valence-electron chi connectivity index (χ3n) is 4.34. The van der Waals surface area contributed by atoms with Gasteiger partial charge in [-0.3, -0.25) is 0 Å². The first-order valence-corrected chi connectivity index (χ1v) is 8.48. The van der Waals surface area contributed by atoms with Crippen molar-refractivity contribution in [2.75, 3.05) is 0 Å². The molecule has 3 nitrogen and oxygen atoms in total. The molecule has 0 bridgehead atoms. The van der Waals surface area contributed by atoms with Crippen molar-refractivity contribution in [3.8, 4) is 0 Å². The summed E-state index contributed by atoms with van der Waals surface area (Å²) in [4.78, 5) is 4.64. The molecule has 0 radical (unpaired) electrons. The Bertz CT molecular complexity index is 308. The molecule has 0 heterocycles. The molecule has 0 spiro atoms. The summed E-state index contributed by atoms with van der Waals surface area (Å²) in [5, 5.41) is 7.31. The van der Waals surface area contributed by atoms with Gasteiger partial charge in [-0.25, -0.2) is 4.99 Å². The second kappa shape index (κ2) is 8.33. The van der Waals surface area contributed by atoms with E-state index in [0.717, 1.165) is 5.96 Å². The van der Waals surface area contributed by atoms with E-state index >= 15 is 0 Å². The van der Waals surface area contributed by atoms with Gasteiger partial charge in [-0.05, 0) is 39.5 Å². The van der Waals surface area contributed by atoms with E-state index in [-0.39, 0.29) is 0 Å². The summed E-state index contributed by atoms with van der Waals surface area (Å²) < 4.78 is 0. The Hall–Kier alpha value is -0.990. The lowest BCUT2D eigenvalue weighted by Gasteiger charge is -2.29. The zero-order valence-corrected chi connectivity index (χ0v) is 13.3. The van der Waals surface area contributed by atoms with Gasteiger partial charge in [-0.2, -0.15) is 0 Å². The average molecular weight is 277 g/mol. The highest BCUT2D eigenvalue weighted by atomic mass is 15.2. The van der Waals surface area contributed by atoms with Crippen molar-refractivity contribution in [3.05, 3.63) is 11.8 Å². The van der Waals surface area contributed by atoms with Crippen LogP contribution in [0.4, 0.5) is 0 Å². The van der Waals surface area contributed by atoms with Crippen LogP contribution < -0.4 is 10.6 Å². The first-order chi connectivity index (χ1) is 9.74. The summed E-state index contributed by atoms with van der Waals surface area (Å²) in [7, 11) is 0. The fourth-order valence-electron chi connectivity index (χ4n) is 3.19. The first kappa shape index (κ1) is 15.4. The summed E-state index contributed by atoms with van der Waals surface area (Å²) in [6.07, 6.45) is 15.4. The summed E-state index contributed by atoms with van der Waals surface area (Å²) in [6, 6.07) is 1.23. The standard InChI is InChI=1S/C17H31N3/c1-14(2)13-18-17(19-15-9-5-3-6-10-15)20-16-11-7-4-8-12-16/h13,15-16H,3-12H2,1-2H3,(H2,18,19,20). The smallest absolute Gasteiger partial charge is 0.196 e. The maximum absolute atomic E-state index is 4.64. The minimum Gasteiger partial charge on any atom is -0.353 e. The van der Waals surface area contributed by atoms with Crippen LogP contribution in [0, 0.1) is 0 Å². The maximum Gasteiger partial charge on any atom is 0.196 e. The Morgan fingerprint density at radius 1 is 0.800 bits per heavy atom. The van der Waals surface area contributed by atoms with Crippen LogP contribution in [0.15, 0.2) is 16.8 Å². The van der Waals surface area contributed by atoms with Crippen LogP contribution in [-0.2, 0) is 0 Å². The van der Waals surface area contributed by atoms with Crippen molar-refractivity contribution in [3.63, 3.8) is 0 Å². The van der Waals surface area contributed by atoms with Crippen molar-refractivity contribution in [2.24, 2.45) is 4.99 Å². The van der Waals surface area contributed by atoms with Crippen LogP contribution in [0.5, 0.6) is 0 Å². The van der Waals surface area contributed by atoms with Gasteiger partial charge < -0.3 is 10.6 Å². The molecule has 0 unspecified atom stereocenters. The molecule has 0 amide bonds. The number of nitrogens with one attached hydrogen (secondary N) is 2. The first-order valence-electron chi connectivity index (χ1n) is 8.48. The summed E-state index contributed by atoms with van der Waals surface area (Å²) in [6.45, 7) is 4.20. The van der Waals surface area contributed by atoms with E-state index in [1.807, 2.05) is 6.20 Å². The van der Waals surface area contributed by atoms with Gasteiger partial charge in [0.1, 0.15) is 0 Å². The Morgan fingerprint density at radius 2 is 1.25 bits per heavy atom. The summed E-state index contributed by atoms with van der Waals surface area (Å²) >= 11 is 0. The van der Waals surface area contributed by atoms with E-state index in [2.05, 4.69) is 29.5 Å². The molecule has 0 atom stereocenters. The third kappa shape index (κ3) is 5.56. The second-order valence-electron chi connectivity index (χ2n) is 6.64. The van der Waals surface area contributed by atoms with Crippen molar-refractivity contribution in [1.82, 2.24) is 10.6 Å². The highest BCUT2D eigenvalue weighted by molar-refractivity contribution is 5.81. The molecule has 0 aliphatic heterocycles. The number of guanidine groups is 1. The SMILES string of the molecule is CC(C)=CN=C(NC1CCCCC1)NC1CCCCC1. The highest BCUT2D eigenvalue weighted by Gasteiger charge is 2.18. The molecule has 3 heteroatoms. The van der Waals surface area contributed by atoms with Crippen molar-refractivity contribution >= 4 is 5.96 Å². The van der Waals surface area contributed by atoms with Crippen LogP contribution in [0.1, 0.15) is 78.1 Å². The highest BCUT2D eigenvalue weighted by Crippen LogP contribution is 2.19. The Balaban J connectivity index is 1.92. The van der Waals surface area contributed by atoms with Crippen LogP contribution in [0.3, 0.4) is 0 Å². The molecule has 2 fully saturated rings. The molecular weight excluding hydrogens is 246 g/mol. The molecule has 20 heavy (non-hydrogen) atoms. The van der Waals surface area contributed by atoms with Gasteiger partial charge in [0, 0.05) is 18.3 Å². The summed E-state index contributed by atoms with van der Waals surface area (Å²) in [5.41, 5.74) is 1.25. The number of nitrogens with zero attached hydrogens (tertiary/aromatic N) is 1. The minimum atomic E-state index is 0.615. The van der Waals surface area contributed by atoms with Crippen molar-refractivity contribution < 1.29 is 0 Å². The molecule has 2 rings (SSSR count). The van der Waals surface area contributed by atoms with E-state index in [0.29, 0.717) is 12.1 Å². The molecule has 0 aromatic carbocycles. The molecule has 2 aliphatic carbocycles.